The van der Waals surface area contributed by atoms with Crippen LogP contribution >= 0.6 is 27.5 Å². The van der Waals surface area contributed by atoms with Crippen LogP contribution in [0.4, 0.5) is 5.69 Å². The molecule has 1 heterocycles. The molecule has 0 saturated heterocycles. The molecule has 0 unspecified atom stereocenters. The first kappa shape index (κ1) is 10.2. The zero-order valence-corrected chi connectivity index (χ0v) is 9.80. The molecule has 0 atom stereocenters. The molecule has 0 fully saturated rings. The van der Waals surface area contributed by atoms with Crippen LogP contribution in [0.3, 0.4) is 0 Å². The maximum absolute atomic E-state index is 8.51. The fraction of sp³-hybridized carbons (Fsp3) is 0. The van der Waals surface area contributed by atoms with E-state index in [1.807, 2.05) is 24.4 Å². The lowest BCUT2D eigenvalue weighted by Gasteiger charge is -2.04. The Kier molecular flexibility index (Phi) is 2.76. The van der Waals surface area contributed by atoms with Crippen LogP contribution in [0.15, 0.2) is 28.9 Å². The van der Waals surface area contributed by atoms with E-state index in [0.29, 0.717) is 10.7 Å². The number of fused-ring (bicyclic) bond motifs is 1. The van der Waals surface area contributed by atoms with Gasteiger partial charge in [-0.2, -0.15) is 5.26 Å². The molecule has 0 bridgehead atoms. The molecule has 0 aliphatic carbocycles. The fourth-order valence-corrected chi connectivity index (χ4v) is 1.89. The fourth-order valence-electron chi connectivity index (χ4n) is 1.28. The summed E-state index contributed by atoms with van der Waals surface area (Å²) in [6, 6.07) is 5.62. The highest BCUT2D eigenvalue weighted by atomic mass is 79.9. The van der Waals surface area contributed by atoms with E-state index in [2.05, 4.69) is 26.2 Å². The molecule has 0 spiro atoms. The van der Waals surface area contributed by atoms with Crippen LogP contribution < -0.4 is 5.32 Å². The second-order valence-electron chi connectivity index (χ2n) is 2.88. The number of benzene rings is 1. The number of pyridine rings is 1. The van der Waals surface area contributed by atoms with E-state index in [-0.39, 0.29) is 0 Å². The van der Waals surface area contributed by atoms with Crippen molar-refractivity contribution in [2.45, 2.75) is 0 Å². The third-order valence-corrected chi connectivity index (χ3v) is 2.86. The standard InChI is InChI=1S/C10H5BrClN3/c11-6-1-2-8-7(3-6)10(12)9(4-14-8)15-5-13/h1-4,15H. The number of rotatable bonds is 1. The van der Waals surface area contributed by atoms with E-state index >= 15 is 0 Å². The normalized spacial score (nSPS) is 9.93. The quantitative estimate of drug-likeness (QED) is 0.643. The van der Waals surface area contributed by atoms with Crippen LogP contribution in [-0.4, -0.2) is 4.98 Å². The number of hydrogen-bond acceptors (Lipinski definition) is 3. The van der Waals surface area contributed by atoms with Crippen molar-refractivity contribution in [1.29, 1.82) is 5.26 Å². The van der Waals surface area contributed by atoms with Gasteiger partial charge in [-0.05, 0) is 18.2 Å². The second kappa shape index (κ2) is 4.05. The predicted octanol–water partition coefficient (Wildman–Crippen LogP) is 3.54. The molecule has 0 aliphatic heterocycles. The number of nitrogens with zero attached hydrogens (tertiary/aromatic N) is 2. The Hall–Kier alpha value is -1.31. The zero-order chi connectivity index (χ0) is 10.8. The van der Waals surface area contributed by atoms with Gasteiger partial charge in [-0.15, -0.1) is 0 Å². The number of halogens is 2. The van der Waals surface area contributed by atoms with Crippen molar-refractivity contribution in [2.24, 2.45) is 0 Å². The van der Waals surface area contributed by atoms with Gasteiger partial charge in [-0.25, -0.2) is 0 Å². The third-order valence-electron chi connectivity index (χ3n) is 1.95. The maximum atomic E-state index is 8.51. The minimum atomic E-state index is 0.503. The molecule has 15 heavy (non-hydrogen) atoms. The molecule has 2 rings (SSSR count). The van der Waals surface area contributed by atoms with Gasteiger partial charge in [0, 0.05) is 9.86 Å². The van der Waals surface area contributed by atoms with Gasteiger partial charge >= 0.3 is 0 Å². The van der Waals surface area contributed by atoms with Crippen LogP contribution in [0, 0.1) is 11.5 Å². The van der Waals surface area contributed by atoms with Crippen molar-refractivity contribution in [2.75, 3.05) is 5.32 Å². The summed E-state index contributed by atoms with van der Waals surface area (Å²) in [6.07, 6.45) is 3.36. The number of aromatic nitrogens is 1. The van der Waals surface area contributed by atoms with E-state index in [9.17, 15) is 0 Å². The van der Waals surface area contributed by atoms with Crippen LogP contribution in [0.25, 0.3) is 10.9 Å². The van der Waals surface area contributed by atoms with Crippen molar-refractivity contribution in [1.82, 2.24) is 4.98 Å². The molecule has 2 aromatic rings. The highest BCUT2D eigenvalue weighted by Gasteiger charge is 2.06. The molecule has 0 amide bonds. The Labute approximate surface area is 99.8 Å². The molecule has 74 valence electrons. The summed E-state index contributed by atoms with van der Waals surface area (Å²) in [5, 5.41) is 12.3. The average molecular weight is 283 g/mol. The summed E-state index contributed by atoms with van der Waals surface area (Å²) in [4.78, 5) is 4.18. The first-order chi connectivity index (χ1) is 7.22. The molecule has 0 aliphatic rings. The minimum absolute atomic E-state index is 0.503. The van der Waals surface area contributed by atoms with Crippen molar-refractivity contribution in [3.05, 3.63) is 33.9 Å². The summed E-state index contributed by atoms with van der Waals surface area (Å²) in [5.41, 5.74) is 1.32. The second-order valence-corrected chi connectivity index (χ2v) is 4.18. The first-order valence-corrected chi connectivity index (χ1v) is 5.28. The number of hydrogen-bond donors (Lipinski definition) is 1. The highest BCUT2D eigenvalue weighted by molar-refractivity contribution is 9.10. The lowest BCUT2D eigenvalue weighted by molar-refractivity contribution is 1.38. The van der Waals surface area contributed by atoms with E-state index in [0.717, 1.165) is 15.4 Å². The van der Waals surface area contributed by atoms with Gasteiger partial charge in [0.15, 0.2) is 6.19 Å². The molecule has 1 aromatic carbocycles. The molecule has 3 nitrogen and oxygen atoms in total. The summed E-state index contributed by atoms with van der Waals surface area (Å²) in [6.45, 7) is 0. The largest absolute Gasteiger partial charge is 0.290 e. The lowest BCUT2D eigenvalue weighted by Crippen LogP contribution is -1.91. The lowest BCUT2D eigenvalue weighted by atomic mass is 10.2. The summed E-state index contributed by atoms with van der Waals surface area (Å²) < 4.78 is 0.924. The monoisotopic (exact) mass is 281 g/mol. The van der Waals surface area contributed by atoms with E-state index in [1.54, 1.807) is 6.20 Å². The first-order valence-electron chi connectivity index (χ1n) is 4.11. The maximum Gasteiger partial charge on any atom is 0.181 e. The summed E-state index contributed by atoms with van der Waals surface area (Å²) in [7, 11) is 0. The van der Waals surface area contributed by atoms with Crippen LogP contribution in [0.5, 0.6) is 0 Å². The van der Waals surface area contributed by atoms with Gasteiger partial charge in [0.2, 0.25) is 0 Å². The van der Waals surface area contributed by atoms with E-state index in [4.69, 9.17) is 16.9 Å². The Balaban J connectivity index is 2.72. The number of anilines is 1. The summed E-state index contributed by atoms with van der Waals surface area (Å²) >= 11 is 9.48. The smallest absolute Gasteiger partial charge is 0.181 e. The Morgan fingerprint density at radius 2 is 2.27 bits per heavy atom. The molecular formula is C10H5BrClN3. The molecule has 0 radical (unpaired) electrons. The van der Waals surface area contributed by atoms with Gasteiger partial charge in [-0.3, -0.25) is 10.3 Å². The minimum Gasteiger partial charge on any atom is -0.290 e. The van der Waals surface area contributed by atoms with Crippen LogP contribution in [-0.2, 0) is 0 Å². The van der Waals surface area contributed by atoms with Crippen molar-refractivity contribution in [3.8, 4) is 6.19 Å². The molecule has 1 N–H and O–H groups in total. The number of nitrogens with one attached hydrogen (secondary N) is 1. The predicted molar refractivity (Wildman–Crippen MR) is 63.7 cm³/mol. The SMILES string of the molecule is N#CNc1cnc2ccc(Br)cc2c1Cl. The topological polar surface area (TPSA) is 48.7 Å². The molecule has 5 heteroatoms. The Morgan fingerprint density at radius 3 is 3.00 bits per heavy atom. The van der Waals surface area contributed by atoms with Gasteiger partial charge in [-0.1, -0.05) is 27.5 Å². The van der Waals surface area contributed by atoms with Gasteiger partial charge in [0.25, 0.3) is 0 Å². The van der Waals surface area contributed by atoms with Gasteiger partial charge in [0.05, 0.1) is 22.4 Å². The zero-order valence-electron chi connectivity index (χ0n) is 7.46. The van der Waals surface area contributed by atoms with Crippen LogP contribution in [0.2, 0.25) is 5.02 Å². The van der Waals surface area contributed by atoms with Crippen molar-refractivity contribution in [3.63, 3.8) is 0 Å². The molecular weight excluding hydrogens is 277 g/mol. The number of nitriles is 1. The summed E-state index contributed by atoms with van der Waals surface area (Å²) in [5.74, 6) is 0. The van der Waals surface area contributed by atoms with E-state index in [1.165, 1.54) is 0 Å². The molecule has 1 aromatic heterocycles. The van der Waals surface area contributed by atoms with Gasteiger partial charge < -0.3 is 0 Å². The highest BCUT2D eigenvalue weighted by Crippen LogP contribution is 2.30. The third kappa shape index (κ3) is 1.89. The van der Waals surface area contributed by atoms with Crippen molar-refractivity contribution < 1.29 is 0 Å². The van der Waals surface area contributed by atoms with Crippen molar-refractivity contribution >= 4 is 44.1 Å². The Bertz CT molecular complexity index is 562. The van der Waals surface area contributed by atoms with Crippen LogP contribution in [0.1, 0.15) is 0 Å². The molecule has 0 saturated carbocycles. The van der Waals surface area contributed by atoms with E-state index < -0.39 is 0 Å². The Morgan fingerprint density at radius 1 is 1.47 bits per heavy atom. The van der Waals surface area contributed by atoms with Gasteiger partial charge in [0.1, 0.15) is 0 Å². The average Bonchev–Trinajstić information content (AvgIpc) is 2.23.